The summed E-state index contributed by atoms with van der Waals surface area (Å²) < 4.78 is 7.51. The number of H-pyrrole nitrogens is 1. The first-order chi connectivity index (χ1) is 17.7. The second-order valence-corrected chi connectivity index (χ2v) is 10.6. The Labute approximate surface area is 219 Å². The maximum Gasteiger partial charge on any atom is 0.253 e. The van der Waals surface area contributed by atoms with Crippen molar-refractivity contribution in [3.8, 4) is 0 Å². The van der Waals surface area contributed by atoms with Crippen LogP contribution >= 0.6 is 11.6 Å². The van der Waals surface area contributed by atoms with E-state index < -0.39 is 11.6 Å². The van der Waals surface area contributed by atoms with Crippen LogP contribution in [-0.4, -0.2) is 30.1 Å². The molecule has 1 N–H and O–H groups in total. The highest BCUT2D eigenvalue weighted by Gasteiger charge is 2.34. The van der Waals surface area contributed by atoms with Gasteiger partial charge in [-0.2, -0.15) is 0 Å². The second kappa shape index (κ2) is 9.95. The SMILES string of the molecule is Cc1cccc2cc(C(c3nnnn3C(C)(C)C)N(Cc3ccco3)Cc3ccccc3Cl)c(=O)[nH]c12. The van der Waals surface area contributed by atoms with Crippen molar-refractivity contribution in [2.24, 2.45) is 0 Å². The third-order valence-corrected chi connectivity index (χ3v) is 6.79. The van der Waals surface area contributed by atoms with Gasteiger partial charge in [-0.15, -0.1) is 5.10 Å². The van der Waals surface area contributed by atoms with E-state index in [0.29, 0.717) is 29.5 Å². The van der Waals surface area contributed by atoms with Crippen LogP contribution in [0.2, 0.25) is 5.02 Å². The molecule has 9 heteroatoms. The maximum atomic E-state index is 13.7. The number of hydrogen-bond acceptors (Lipinski definition) is 6. The van der Waals surface area contributed by atoms with Crippen molar-refractivity contribution >= 4 is 22.5 Å². The van der Waals surface area contributed by atoms with Crippen LogP contribution in [0.15, 0.2) is 76.1 Å². The Hall–Kier alpha value is -3.75. The van der Waals surface area contributed by atoms with Gasteiger partial charge < -0.3 is 9.40 Å². The Bertz CT molecular complexity index is 1580. The summed E-state index contributed by atoms with van der Waals surface area (Å²) in [7, 11) is 0. The van der Waals surface area contributed by atoms with E-state index in [1.165, 1.54) is 0 Å². The Morgan fingerprint density at radius 3 is 2.62 bits per heavy atom. The Morgan fingerprint density at radius 2 is 1.89 bits per heavy atom. The van der Waals surface area contributed by atoms with Crippen molar-refractivity contribution < 1.29 is 4.42 Å². The highest BCUT2D eigenvalue weighted by atomic mass is 35.5. The normalized spacial score (nSPS) is 12.9. The number of benzene rings is 2. The van der Waals surface area contributed by atoms with Gasteiger partial charge in [-0.05, 0) is 78.9 Å². The first kappa shape index (κ1) is 24.9. The topological polar surface area (TPSA) is 92.8 Å². The summed E-state index contributed by atoms with van der Waals surface area (Å²) in [5.41, 5.74) is 2.66. The molecule has 1 unspecified atom stereocenters. The van der Waals surface area contributed by atoms with Crippen LogP contribution in [0.25, 0.3) is 10.9 Å². The van der Waals surface area contributed by atoms with Gasteiger partial charge in [0, 0.05) is 17.1 Å². The van der Waals surface area contributed by atoms with Gasteiger partial charge in [0.05, 0.1) is 23.9 Å². The molecule has 0 saturated heterocycles. The van der Waals surface area contributed by atoms with Crippen LogP contribution < -0.4 is 5.56 Å². The molecule has 5 rings (SSSR count). The lowest BCUT2D eigenvalue weighted by Crippen LogP contribution is -2.37. The van der Waals surface area contributed by atoms with Gasteiger partial charge in [0.2, 0.25) is 0 Å². The highest BCUT2D eigenvalue weighted by Crippen LogP contribution is 2.33. The third kappa shape index (κ3) is 5.08. The smallest absolute Gasteiger partial charge is 0.253 e. The highest BCUT2D eigenvalue weighted by molar-refractivity contribution is 6.31. The van der Waals surface area contributed by atoms with E-state index in [0.717, 1.165) is 27.8 Å². The molecule has 3 heterocycles. The number of aryl methyl sites for hydroxylation is 1. The van der Waals surface area contributed by atoms with Crippen LogP contribution in [-0.2, 0) is 18.6 Å². The molecule has 0 spiro atoms. The first-order valence-corrected chi connectivity index (χ1v) is 12.5. The third-order valence-electron chi connectivity index (χ3n) is 6.42. The van der Waals surface area contributed by atoms with E-state index in [2.05, 4.69) is 25.4 Å². The average Bonchev–Trinajstić information content (AvgIpc) is 3.54. The van der Waals surface area contributed by atoms with E-state index in [4.69, 9.17) is 16.0 Å². The Morgan fingerprint density at radius 1 is 1.08 bits per heavy atom. The second-order valence-electron chi connectivity index (χ2n) is 10.2. The Kier molecular flexibility index (Phi) is 6.70. The lowest BCUT2D eigenvalue weighted by molar-refractivity contribution is 0.171. The zero-order chi connectivity index (χ0) is 26.2. The summed E-state index contributed by atoms with van der Waals surface area (Å²) >= 11 is 6.59. The molecule has 3 aromatic heterocycles. The van der Waals surface area contributed by atoms with E-state index >= 15 is 0 Å². The molecule has 0 fully saturated rings. The van der Waals surface area contributed by atoms with Crippen molar-refractivity contribution in [3.05, 3.63) is 111 Å². The largest absolute Gasteiger partial charge is 0.468 e. The number of pyridine rings is 1. The van der Waals surface area contributed by atoms with Gasteiger partial charge in [0.25, 0.3) is 5.56 Å². The van der Waals surface area contributed by atoms with Crippen LogP contribution in [0.3, 0.4) is 0 Å². The zero-order valence-corrected chi connectivity index (χ0v) is 22.0. The summed E-state index contributed by atoms with van der Waals surface area (Å²) in [6.07, 6.45) is 1.64. The monoisotopic (exact) mass is 516 g/mol. The number of rotatable bonds is 7. The predicted octanol–water partition coefficient (Wildman–Crippen LogP) is 5.62. The fourth-order valence-electron chi connectivity index (χ4n) is 4.63. The lowest BCUT2D eigenvalue weighted by atomic mass is 10.00. The molecule has 5 aromatic rings. The van der Waals surface area contributed by atoms with E-state index in [9.17, 15) is 4.79 Å². The molecule has 190 valence electrons. The number of nitrogens with zero attached hydrogens (tertiary/aromatic N) is 5. The van der Waals surface area contributed by atoms with Crippen LogP contribution in [0.5, 0.6) is 0 Å². The minimum absolute atomic E-state index is 0.195. The molecular weight excluding hydrogens is 488 g/mol. The van der Waals surface area contributed by atoms with Crippen molar-refractivity contribution in [3.63, 3.8) is 0 Å². The summed E-state index contributed by atoms with van der Waals surface area (Å²) in [6.45, 7) is 8.92. The molecule has 1 atom stereocenters. The molecular formula is C28H29ClN6O2. The molecule has 0 bridgehead atoms. The molecule has 0 radical (unpaired) electrons. The zero-order valence-electron chi connectivity index (χ0n) is 21.3. The molecule has 0 aliphatic rings. The summed E-state index contributed by atoms with van der Waals surface area (Å²) in [4.78, 5) is 18.9. The van der Waals surface area contributed by atoms with Crippen LogP contribution in [0, 0.1) is 6.92 Å². The van der Waals surface area contributed by atoms with Gasteiger partial charge in [-0.1, -0.05) is 48.0 Å². The van der Waals surface area contributed by atoms with Gasteiger partial charge in [-0.25, -0.2) is 4.68 Å². The number of halogens is 1. The molecule has 2 aromatic carbocycles. The fraction of sp³-hybridized carbons (Fsp3) is 0.286. The standard InChI is InChI=1S/C28H29ClN6O2/c1-18-9-7-11-19-15-22(27(36)30-24(18)19)25(26-31-32-33-35(26)28(2,3)4)34(17-21-12-8-14-37-21)16-20-10-5-6-13-23(20)29/h5-15,25H,16-17H2,1-4H3,(H,30,36). The van der Waals surface area contributed by atoms with Gasteiger partial charge in [0.1, 0.15) is 11.8 Å². The molecule has 37 heavy (non-hydrogen) atoms. The number of nitrogens with one attached hydrogen (secondary N) is 1. The molecule has 0 amide bonds. The van der Waals surface area contributed by atoms with E-state index in [1.807, 2.05) is 88.4 Å². The number of para-hydroxylation sites is 1. The number of furan rings is 1. The van der Waals surface area contributed by atoms with Gasteiger partial charge >= 0.3 is 0 Å². The van der Waals surface area contributed by atoms with Crippen molar-refractivity contribution in [1.82, 2.24) is 30.1 Å². The number of hydrogen-bond donors (Lipinski definition) is 1. The maximum absolute atomic E-state index is 13.7. The van der Waals surface area contributed by atoms with Gasteiger partial charge in [0.15, 0.2) is 5.82 Å². The van der Waals surface area contributed by atoms with Crippen LogP contribution in [0.1, 0.15) is 55.1 Å². The molecule has 8 nitrogen and oxygen atoms in total. The quantitative estimate of drug-likeness (QED) is 0.302. The summed E-state index contributed by atoms with van der Waals surface area (Å²) in [5.74, 6) is 1.31. The predicted molar refractivity (Wildman–Crippen MR) is 143 cm³/mol. The number of aromatic nitrogens is 5. The number of aromatic amines is 1. The minimum atomic E-state index is -0.593. The minimum Gasteiger partial charge on any atom is -0.468 e. The number of fused-ring (bicyclic) bond motifs is 1. The summed E-state index contributed by atoms with van der Waals surface area (Å²) in [5, 5.41) is 14.4. The van der Waals surface area contributed by atoms with E-state index in [1.54, 1.807) is 10.9 Å². The van der Waals surface area contributed by atoms with E-state index in [-0.39, 0.29) is 5.56 Å². The fourth-order valence-corrected chi connectivity index (χ4v) is 4.83. The lowest BCUT2D eigenvalue weighted by Gasteiger charge is -2.32. The van der Waals surface area contributed by atoms with Crippen molar-refractivity contribution in [2.75, 3.05) is 0 Å². The molecule has 0 aliphatic heterocycles. The number of tetrazole rings is 1. The first-order valence-electron chi connectivity index (χ1n) is 12.1. The van der Waals surface area contributed by atoms with Gasteiger partial charge in [-0.3, -0.25) is 9.69 Å². The summed E-state index contributed by atoms with van der Waals surface area (Å²) in [6, 6.07) is 18.8. The van der Waals surface area contributed by atoms with Crippen molar-refractivity contribution in [1.29, 1.82) is 0 Å². The molecule has 0 saturated carbocycles. The van der Waals surface area contributed by atoms with Crippen molar-refractivity contribution in [2.45, 2.75) is 52.4 Å². The average molecular weight is 517 g/mol. The Balaban J connectivity index is 1.75. The van der Waals surface area contributed by atoms with Crippen LogP contribution in [0.4, 0.5) is 0 Å². The molecule has 0 aliphatic carbocycles.